The van der Waals surface area contributed by atoms with Gasteiger partial charge in [-0.05, 0) is 42.5 Å². The second-order valence-electron chi connectivity index (χ2n) is 4.82. The first kappa shape index (κ1) is 16.7. The standard InChI is InChI=1S/C17H14BrN3O2/c1-12(22)21(16-7-5-14(18)6-8-16)11-17(23)20-15-4-2-3-13(9-15)10-19/h2-9H,11H2,1H3,(H,20,23). The third kappa shape index (κ3) is 4.66. The molecule has 0 atom stereocenters. The molecule has 0 aliphatic carbocycles. The number of rotatable bonds is 4. The van der Waals surface area contributed by atoms with E-state index >= 15 is 0 Å². The van der Waals surface area contributed by atoms with E-state index in [1.165, 1.54) is 11.8 Å². The van der Waals surface area contributed by atoms with Crippen molar-refractivity contribution in [2.45, 2.75) is 6.92 Å². The molecule has 2 aromatic carbocycles. The van der Waals surface area contributed by atoms with Gasteiger partial charge in [0, 0.05) is 22.8 Å². The number of hydrogen-bond acceptors (Lipinski definition) is 3. The molecule has 0 spiro atoms. The fourth-order valence-corrected chi connectivity index (χ4v) is 2.28. The van der Waals surface area contributed by atoms with Gasteiger partial charge in [0.25, 0.3) is 0 Å². The maximum Gasteiger partial charge on any atom is 0.244 e. The summed E-state index contributed by atoms with van der Waals surface area (Å²) in [5.41, 5.74) is 1.62. The van der Waals surface area contributed by atoms with Crippen LogP contribution in [0.5, 0.6) is 0 Å². The van der Waals surface area contributed by atoms with Crippen LogP contribution >= 0.6 is 15.9 Å². The van der Waals surface area contributed by atoms with Gasteiger partial charge in [0.1, 0.15) is 6.54 Å². The summed E-state index contributed by atoms with van der Waals surface area (Å²) >= 11 is 3.33. The van der Waals surface area contributed by atoms with Gasteiger partial charge in [-0.25, -0.2) is 0 Å². The number of anilines is 2. The summed E-state index contributed by atoms with van der Waals surface area (Å²) in [4.78, 5) is 25.4. The Morgan fingerprint density at radius 1 is 1.22 bits per heavy atom. The van der Waals surface area contributed by atoms with Crippen LogP contribution in [0.3, 0.4) is 0 Å². The van der Waals surface area contributed by atoms with Crippen molar-refractivity contribution in [1.82, 2.24) is 0 Å². The van der Waals surface area contributed by atoms with E-state index in [0.717, 1.165) is 4.47 Å². The fourth-order valence-electron chi connectivity index (χ4n) is 2.02. The van der Waals surface area contributed by atoms with E-state index in [9.17, 15) is 9.59 Å². The number of carbonyl (C=O) groups excluding carboxylic acids is 2. The minimum absolute atomic E-state index is 0.103. The monoisotopic (exact) mass is 371 g/mol. The van der Waals surface area contributed by atoms with E-state index in [1.54, 1.807) is 48.5 Å². The lowest BCUT2D eigenvalue weighted by molar-refractivity contribution is -0.120. The van der Waals surface area contributed by atoms with Crippen LogP contribution in [0.25, 0.3) is 0 Å². The van der Waals surface area contributed by atoms with Crippen molar-refractivity contribution in [3.8, 4) is 6.07 Å². The van der Waals surface area contributed by atoms with Gasteiger partial charge in [0.05, 0.1) is 11.6 Å². The molecule has 2 aromatic rings. The van der Waals surface area contributed by atoms with Gasteiger partial charge < -0.3 is 10.2 Å². The van der Waals surface area contributed by atoms with Gasteiger partial charge >= 0.3 is 0 Å². The molecule has 116 valence electrons. The Balaban J connectivity index is 2.10. The van der Waals surface area contributed by atoms with Crippen molar-refractivity contribution in [3.05, 3.63) is 58.6 Å². The molecule has 0 fully saturated rings. The Hall–Kier alpha value is -2.65. The molecular weight excluding hydrogens is 358 g/mol. The van der Waals surface area contributed by atoms with Crippen LogP contribution in [0.4, 0.5) is 11.4 Å². The third-order valence-corrected chi connectivity index (χ3v) is 3.62. The molecule has 0 bridgehead atoms. The molecule has 0 aliphatic heterocycles. The highest BCUT2D eigenvalue weighted by Gasteiger charge is 2.16. The number of benzene rings is 2. The maximum atomic E-state index is 12.2. The van der Waals surface area contributed by atoms with E-state index in [1.807, 2.05) is 6.07 Å². The van der Waals surface area contributed by atoms with Crippen molar-refractivity contribution in [3.63, 3.8) is 0 Å². The molecule has 23 heavy (non-hydrogen) atoms. The van der Waals surface area contributed by atoms with E-state index in [-0.39, 0.29) is 18.4 Å². The molecule has 0 unspecified atom stereocenters. The highest BCUT2D eigenvalue weighted by molar-refractivity contribution is 9.10. The number of carbonyl (C=O) groups is 2. The molecule has 5 nitrogen and oxygen atoms in total. The highest BCUT2D eigenvalue weighted by Crippen LogP contribution is 2.19. The van der Waals surface area contributed by atoms with Crippen LogP contribution in [0.2, 0.25) is 0 Å². The van der Waals surface area contributed by atoms with Gasteiger partial charge in [0.15, 0.2) is 0 Å². The van der Waals surface area contributed by atoms with E-state index in [0.29, 0.717) is 16.9 Å². The summed E-state index contributed by atoms with van der Waals surface area (Å²) in [6.45, 7) is 1.30. The Morgan fingerprint density at radius 2 is 1.91 bits per heavy atom. The maximum absolute atomic E-state index is 12.2. The fraction of sp³-hybridized carbons (Fsp3) is 0.118. The minimum atomic E-state index is -0.335. The Labute approximate surface area is 142 Å². The van der Waals surface area contributed by atoms with E-state index < -0.39 is 0 Å². The highest BCUT2D eigenvalue weighted by atomic mass is 79.9. The zero-order valence-electron chi connectivity index (χ0n) is 12.4. The van der Waals surface area contributed by atoms with E-state index in [4.69, 9.17) is 5.26 Å². The predicted octanol–water partition coefficient (Wildman–Crippen LogP) is 3.31. The molecule has 1 N–H and O–H groups in total. The zero-order valence-corrected chi connectivity index (χ0v) is 14.0. The molecule has 0 saturated carbocycles. The number of halogens is 1. The molecule has 6 heteroatoms. The Bertz CT molecular complexity index is 766. The largest absolute Gasteiger partial charge is 0.324 e. The Morgan fingerprint density at radius 3 is 2.52 bits per heavy atom. The average Bonchev–Trinajstić information content (AvgIpc) is 2.53. The van der Waals surface area contributed by atoms with Crippen LogP contribution in [-0.4, -0.2) is 18.4 Å². The van der Waals surface area contributed by atoms with Crippen molar-refractivity contribution < 1.29 is 9.59 Å². The van der Waals surface area contributed by atoms with Gasteiger partial charge in [0.2, 0.25) is 11.8 Å². The van der Waals surface area contributed by atoms with Crippen molar-refractivity contribution in [2.75, 3.05) is 16.8 Å². The lowest BCUT2D eigenvalue weighted by atomic mass is 10.2. The molecule has 0 aromatic heterocycles. The summed E-state index contributed by atoms with van der Waals surface area (Å²) < 4.78 is 0.891. The normalized spacial score (nSPS) is 9.78. The third-order valence-electron chi connectivity index (χ3n) is 3.10. The summed E-state index contributed by atoms with van der Waals surface area (Å²) in [7, 11) is 0. The number of nitriles is 1. The number of hydrogen-bond donors (Lipinski definition) is 1. The van der Waals surface area contributed by atoms with Crippen LogP contribution in [0.15, 0.2) is 53.0 Å². The molecule has 0 heterocycles. The topological polar surface area (TPSA) is 73.2 Å². The summed E-state index contributed by atoms with van der Waals surface area (Å²) in [5, 5.41) is 11.6. The number of nitrogens with zero attached hydrogens (tertiary/aromatic N) is 2. The van der Waals surface area contributed by atoms with Crippen LogP contribution in [-0.2, 0) is 9.59 Å². The molecule has 0 aliphatic rings. The van der Waals surface area contributed by atoms with Crippen LogP contribution < -0.4 is 10.2 Å². The lowest BCUT2D eigenvalue weighted by Gasteiger charge is -2.20. The van der Waals surface area contributed by atoms with Gasteiger partial charge in [-0.3, -0.25) is 9.59 Å². The predicted molar refractivity (Wildman–Crippen MR) is 92.0 cm³/mol. The molecule has 0 radical (unpaired) electrons. The first-order valence-electron chi connectivity index (χ1n) is 6.83. The first-order chi connectivity index (χ1) is 11.0. The SMILES string of the molecule is CC(=O)N(CC(=O)Nc1cccc(C#N)c1)c1ccc(Br)cc1. The second kappa shape index (κ2) is 7.56. The van der Waals surface area contributed by atoms with Crippen LogP contribution in [0.1, 0.15) is 12.5 Å². The van der Waals surface area contributed by atoms with Crippen molar-refractivity contribution >= 4 is 39.1 Å². The van der Waals surface area contributed by atoms with Crippen LogP contribution in [0, 0.1) is 11.3 Å². The summed E-state index contributed by atoms with van der Waals surface area (Å²) in [6.07, 6.45) is 0. The number of nitrogens with one attached hydrogen (secondary N) is 1. The van der Waals surface area contributed by atoms with Crippen molar-refractivity contribution in [2.24, 2.45) is 0 Å². The van der Waals surface area contributed by atoms with Crippen molar-refractivity contribution in [1.29, 1.82) is 5.26 Å². The average molecular weight is 372 g/mol. The molecule has 2 rings (SSSR count). The van der Waals surface area contributed by atoms with Gasteiger partial charge in [-0.15, -0.1) is 0 Å². The quantitative estimate of drug-likeness (QED) is 0.895. The summed E-state index contributed by atoms with van der Waals surface area (Å²) in [5.74, 6) is -0.563. The first-order valence-corrected chi connectivity index (χ1v) is 7.62. The number of amides is 2. The zero-order chi connectivity index (χ0) is 16.8. The lowest BCUT2D eigenvalue weighted by Crippen LogP contribution is -2.36. The van der Waals surface area contributed by atoms with Gasteiger partial charge in [-0.2, -0.15) is 5.26 Å². The van der Waals surface area contributed by atoms with E-state index in [2.05, 4.69) is 21.2 Å². The molecular formula is C17H14BrN3O2. The molecule has 0 saturated heterocycles. The smallest absolute Gasteiger partial charge is 0.244 e. The van der Waals surface area contributed by atoms with Gasteiger partial charge in [-0.1, -0.05) is 22.0 Å². The molecule has 2 amide bonds. The second-order valence-corrected chi connectivity index (χ2v) is 5.74. The Kier molecular flexibility index (Phi) is 5.50. The summed E-state index contributed by atoms with van der Waals surface area (Å²) in [6, 6.07) is 15.7. The minimum Gasteiger partial charge on any atom is -0.324 e.